The zero-order valence-electron chi connectivity index (χ0n) is 27.8. The van der Waals surface area contributed by atoms with Gasteiger partial charge in [-0.15, -0.1) is 10.3 Å². The van der Waals surface area contributed by atoms with E-state index in [1.165, 1.54) is 6.07 Å². The summed E-state index contributed by atoms with van der Waals surface area (Å²) in [7, 11) is -1.49. The van der Waals surface area contributed by atoms with E-state index in [0.29, 0.717) is 45.0 Å². The van der Waals surface area contributed by atoms with Gasteiger partial charge in [0, 0.05) is 73.0 Å². The monoisotopic (exact) mass is 650 g/mol. The van der Waals surface area contributed by atoms with Crippen LogP contribution in [0.3, 0.4) is 0 Å². The predicted octanol–water partition coefficient (Wildman–Crippen LogP) is 8.71. The fourth-order valence-electron chi connectivity index (χ4n) is 7.67. The van der Waals surface area contributed by atoms with E-state index < -0.39 is 33.8 Å². The van der Waals surface area contributed by atoms with E-state index in [1.807, 2.05) is 0 Å². The molecule has 1 unspecified atom stereocenters. The van der Waals surface area contributed by atoms with E-state index in [9.17, 15) is 13.2 Å². The lowest BCUT2D eigenvalue weighted by molar-refractivity contribution is -0.138. The second kappa shape index (κ2) is 11.8. The normalized spacial score (nSPS) is 27.1. The highest BCUT2D eigenvalue weighted by molar-refractivity contribution is 8.30. The molecular weight excluding hydrogens is 601 g/mol. The molecule has 2 saturated heterocycles. The molecular formula is C35H49F3N2O4S. The van der Waals surface area contributed by atoms with Crippen LogP contribution in [0.1, 0.15) is 131 Å². The summed E-state index contributed by atoms with van der Waals surface area (Å²) in [5, 5.41) is 0. The largest absolute Gasteiger partial charge is 0.417 e. The summed E-state index contributed by atoms with van der Waals surface area (Å²) in [5.74, 6) is 1.10. The molecule has 0 radical (unpaired) electrons. The lowest BCUT2D eigenvalue weighted by atomic mass is 9.69. The van der Waals surface area contributed by atoms with E-state index in [2.05, 4.69) is 52.8 Å². The van der Waals surface area contributed by atoms with Crippen LogP contribution in [0.2, 0.25) is 0 Å². The molecule has 5 heterocycles. The quantitative estimate of drug-likeness (QED) is 0.323. The van der Waals surface area contributed by atoms with Gasteiger partial charge in [-0.3, -0.25) is 9.97 Å². The maximum atomic E-state index is 13.6. The first-order valence-electron chi connectivity index (χ1n) is 16.4. The van der Waals surface area contributed by atoms with Crippen LogP contribution in [0.25, 0.3) is 0 Å². The molecule has 0 saturated carbocycles. The number of hydrogen-bond acceptors (Lipinski definition) is 6. The van der Waals surface area contributed by atoms with Crippen molar-refractivity contribution in [1.82, 2.24) is 9.97 Å². The molecule has 1 aliphatic carbocycles. The third-order valence-electron chi connectivity index (χ3n) is 10.6. The number of ether oxygens (including phenoxy) is 3. The molecule has 6 nitrogen and oxygen atoms in total. The van der Waals surface area contributed by atoms with Crippen molar-refractivity contribution in [2.24, 2.45) is 5.41 Å². The van der Waals surface area contributed by atoms with Crippen molar-refractivity contribution in [1.29, 1.82) is 0 Å². The molecule has 2 aromatic heterocycles. The van der Waals surface area contributed by atoms with E-state index >= 15 is 0 Å². The Hall–Kier alpha value is -1.72. The molecule has 250 valence electrons. The van der Waals surface area contributed by atoms with Gasteiger partial charge < -0.3 is 18.4 Å². The molecule has 3 aliphatic heterocycles. The van der Waals surface area contributed by atoms with Crippen LogP contribution in [-0.4, -0.2) is 53.2 Å². The Balaban J connectivity index is 1.60. The van der Waals surface area contributed by atoms with Gasteiger partial charge in [-0.05, 0) is 60.8 Å². The van der Waals surface area contributed by atoms with E-state index in [4.69, 9.17) is 23.4 Å². The predicted molar refractivity (Wildman–Crippen MR) is 171 cm³/mol. The first-order valence-corrected chi connectivity index (χ1v) is 18.6. The fourth-order valence-corrected chi connectivity index (χ4v) is 9.63. The van der Waals surface area contributed by atoms with Gasteiger partial charge in [-0.25, -0.2) is 0 Å². The molecule has 0 aromatic carbocycles. The highest BCUT2D eigenvalue weighted by atomic mass is 32.3. The average Bonchev–Trinajstić information content (AvgIpc) is 3.29. The first kappa shape index (κ1) is 33.2. The number of pyridine rings is 2. The van der Waals surface area contributed by atoms with Crippen molar-refractivity contribution in [2.45, 2.75) is 115 Å². The topological polar surface area (TPSA) is 62.7 Å². The Bertz CT molecular complexity index is 1400. The van der Waals surface area contributed by atoms with Crippen molar-refractivity contribution in [3.8, 4) is 0 Å². The molecule has 0 bridgehead atoms. The second-order valence-electron chi connectivity index (χ2n) is 15.1. The highest BCUT2D eigenvalue weighted by Crippen LogP contribution is 2.64. The van der Waals surface area contributed by atoms with Crippen molar-refractivity contribution < 1.29 is 31.6 Å². The zero-order valence-corrected chi connectivity index (χ0v) is 28.6. The van der Waals surface area contributed by atoms with Crippen LogP contribution in [0, 0.1) is 5.41 Å². The number of aromatic nitrogens is 2. The van der Waals surface area contributed by atoms with Gasteiger partial charge in [0.2, 0.25) is 0 Å². The fraction of sp³-hybridized carbons (Fsp3) is 0.714. The third-order valence-corrected chi connectivity index (χ3v) is 15.0. The smallest absolute Gasteiger partial charge is 0.381 e. The Morgan fingerprint density at radius 2 is 1.67 bits per heavy atom. The average molecular weight is 651 g/mol. The minimum absolute atomic E-state index is 0.0193. The Morgan fingerprint density at radius 1 is 1.00 bits per heavy atom. The molecule has 2 fully saturated rings. The number of nitrogens with zero attached hydrogens (tertiary/aromatic N) is 2. The van der Waals surface area contributed by atoms with E-state index in [0.717, 1.165) is 71.8 Å². The van der Waals surface area contributed by atoms with Gasteiger partial charge in [0.25, 0.3) is 0 Å². The van der Waals surface area contributed by atoms with Gasteiger partial charge >= 0.3 is 6.18 Å². The summed E-state index contributed by atoms with van der Waals surface area (Å²) in [6.07, 6.45) is 2.66. The number of halogens is 3. The zero-order chi connectivity index (χ0) is 32.4. The van der Waals surface area contributed by atoms with Crippen LogP contribution < -0.4 is 0 Å². The number of fused-ring (bicyclic) bond motifs is 4. The minimum Gasteiger partial charge on any atom is -0.381 e. The van der Waals surface area contributed by atoms with Crippen molar-refractivity contribution >= 4 is 10.3 Å². The lowest BCUT2D eigenvalue weighted by Gasteiger charge is -2.51. The van der Waals surface area contributed by atoms with Gasteiger partial charge in [-0.2, -0.15) is 13.2 Å². The molecule has 2 aromatic rings. The van der Waals surface area contributed by atoms with Crippen molar-refractivity contribution in [3.63, 3.8) is 0 Å². The van der Waals surface area contributed by atoms with Gasteiger partial charge in [-0.1, -0.05) is 41.5 Å². The third kappa shape index (κ3) is 6.07. The summed E-state index contributed by atoms with van der Waals surface area (Å²) in [4.78, 5) is 9.93. The molecule has 1 spiro atoms. The summed E-state index contributed by atoms with van der Waals surface area (Å²) in [6, 6.07) is 2.60. The van der Waals surface area contributed by atoms with Crippen LogP contribution in [-0.2, 0) is 36.6 Å². The maximum absolute atomic E-state index is 13.6. The number of alkyl halides is 3. The molecule has 0 N–H and O–H groups in total. The molecule has 0 amide bonds. The standard InChI is InChI=1S/C35H49F3N2O4S/c1-8-45(7,32(2,3)4)44-26-20-33(5,6)19-25-27(26)29-28(30(40-25)22-11-15-41-16-12-22)31(43-34(29)13-17-42-18-14-34)24-10-9-23(21-39-24)35(36,37)38/h9-10,21-22,26,31H,8,11-20H2,1-7H3/t26-,31+/m0/s1. The van der Waals surface area contributed by atoms with Gasteiger partial charge in [0.15, 0.2) is 0 Å². The summed E-state index contributed by atoms with van der Waals surface area (Å²) in [5.41, 5.74) is 4.41. The van der Waals surface area contributed by atoms with Crippen molar-refractivity contribution in [2.75, 3.05) is 38.4 Å². The lowest BCUT2D eigenvalue weighted by Crippen LogP contribution is -2.38. The Morgan fingerprint density at radius 3 is 2.24 bits per heavy atom. The second-order valence-corrected chi connectivity index (χ2v) is 19.1. The van der Waals surface area contributed by atoms with E-state index in [1.54, 1.807) is 0 Å². The van der Waals surface area contributed by atoms with Crippen LogP contribution >= 0.6 is 10.3 Å². The SMILES string of the molecule is CCS(C)(O[C@H]1CC(C)(C)Cc2nc(C3CCOCC3)c3c(c21)C1(CCOCC1)O[C@@H]3c1ccc(C(F)(F)F)cn1)C(C)(C)C. The number of rotatable bonds is 5. The highest BCUT2D eigenvalue weighted by Gasteiger charge is 2.54. The summed E-state index contributed by atoms with van der Waals surface area (Å²) < 4.78 is 66.8. The van der Waals surface area contributed by atoms with Crippen LogP contribution in [0.4, 0.5) is 13.2 Å². The van der Waals surface area contributed by atoms with Crippen LogP contribution in [0.5, 0.6) is 0 Å². The molecule has 10 heteroatoms. The molecule has 6 rings (SSSR count). The summed E-state index contributed by atoms with van der Waals surface area (Å²) in [6.45, 7) is 16.1. The van der Waals surface area contributed by atoms with Gasteiger partial charge in [0.1, 0.15) is 6.10 Å². The van der Waals surface area contributed by atoms with Crippen molar-refractivity contribution in [3.05, 3.63) is 57.7 Å². The Labute approximate surface area is 267 Å². The number of hydrogen-bond donors (Lipinski definition) is 0. The molecule has 4 aliphatic rings. The first-order chi connectivity index (χ1) is 21.1. The van der Waals surface area contributed by atoms with E-state index in [-0.39, 0.29) is 22.2 Å². The van der Waals surface area contributed by atoms with Crippen LogP contribution in [0.15, 0.2) is 18.3 Å². The molecule has 45 heavy (non-hydrogen) atoms. The minimum atomic E-state index is -4.46. The summed E-state index contributed by atoms with van der Waals surface area (Å²) >= 11 is 0. The Kier molecular flexibility index (Phi) is 8.67. The molecule has 3 atom stereocenters. The maximum Gasteiger partial charge on any atom is 0.417 e. The van der Waals surface area contributed by atoms with Gasteiger partial charge in [0.05, 0.1) is 28.7 Å².